The van der Waals surface area contributed by atoms with Crippen LogP contribution in [-0.2, 0) is 9.59 Å². The summed E-state index contributed by atoms with van der Waals surface area (Å²) in [7, 11) is 0. The summed E-state index contributed by atoms with van der Waals surface area (Å²) in [5.74, 6) is -1.39. The molecule has 2 atom stereocenters. The smallest absolute Gasteiger partial charge is 0.325 e. The van der Waals surface area contributed by atoms with E-state index in [0.29, 0.717) is 0 Å². The molecule has 0 aromatic carbocycles. The van der Waals surface area contributed by atoms with E-state index >= 15 is 0 Å². The molecule has 0 heterocycles. The Hall–Kier alpha value is -1.10. The van der Waals surface area contributed by atoms with Gasteiger partial charge in [-0.15, -0.1) is 0 Å². The lowest BCUT2D eigenvalue weighted by Crippen LogP contribution is -2.66. The number of hydrogen-bond donors (Lipinski definition) is 3. The molecule has 5 nitrogen and oxygen atoms in total. The Labute approximate surface area is 64.6 Å². The zero-order valence-electron chi connectivity index (χ0n) is 6.63. The SMILES string of the molecule is C[C@@H]([NH3+])C(=O)N[C@H](C)C(=O)O. The van der Waals surface area contributed by atoms with Crippen LogP contribution >= 0.6 is 0 Å². The standard InChI is InChI=1S/C6H12N2O3/c1-3(7)5(9)8-4(2)6(10)11/h3-4H,7H2,1-2H3,(H,8,9)(H,10,11)/p+1/t3-,4-/m1/s1. The zero-order chi connectivity index (χ0) is 9.02. The zero-order valence-corrected chi connectivity index (χ0v) is 6.63. The normalized spacial score (nSPS) is 15.2. The van der Waals surface area contributed by atoms with Gasteiger partial charge >= 0.3 is 5.97 Å². The van der Waals surface area contributed by atoms with E-state index in [2.05, 4.69) is 11.1 Å². The Bertz CT molecular complexity index is 167. The molecular weight excluding hydrogens is 148 g/mol. The molecule has 1 amide bonds. The van der Waals surface area contributed by atoms with Gasteiger partial charge in [-0.3, -0.25) is 9.59 Å². The van der Waals surface area contributed by atoms with Gasteiger partial charge in [0.2, 0.25) is 0 Å². The van der Waals surface area contributed by atoms with Gasteiger partial charge in [-0.2, -0.15) is 0 Å². The molecule has 0 aromatic heterocycles. The molecule has 0 saturated carbocycles. The quantitative estimate of drug-likeness (QED) is 0.456. The highest BCUT2D eigenvalue weighted by Crippen LogP contribution is 1.82. The molecule has 0 unspecified atom stereocenters. The lowest BCUT2D eigenvalue weighted by Gasteiger charge is -2.08. The van der Waals surface area contributed by atoms with E-state index in [1.807, 2.05) is 0 Å². The van der Waals surface area contributed by atoms with E-state index in [1.54, 1.807) is 6.92 Å². The maximum Gasteiger partial charge on any atom is 0.325 e. The second kappa shape index (κ2) is 3.92. The molecule has 0 rings (SSSR count). The van der Waals surface area contributed by atoms with Gasteiger partial charge in [-0.1, -0.05) is 0 Å². The predicted molar refractivity (Wildman–Crippen MR) is 37.6 cm³/mol. The third kappa shape index (κ3) is 3.57. The Morgan fingerprint density at radius 3 is 2.18 bits per heavy atom. The monoisotopic (exact) mass is 161 g/mol. The Balaban J connectivity index is 3.85. The molecule has 5 heteroatoms. The highest BCUT2D eigenvalue weighted by atomic mass is 16.4. The van der Waals surface area contributed by atoms with Crippen molar-refractivity contribution in [1.29, 1.82) is 0 Å². The first kappa shape index (κ1) is 9.90. The maximum absolute atomic E-state index is 10.8. The van der Waals surface area contributed by atoms with Crippen molar-refractivity contribution in [1.82, 2.24) is 5.32 Å². The number of quaternary nitrogens is 1. The summed E-state index contributed by atoms with van der Waals surface area (Å²) in [4.78, 5) is 21.0. The average Bonchev–Trinajstić information content (AvgIpc) is 1.87. The number of nitrogens with one attached hydrogen (secondary N) is 1. The largest absolute Gasteiger partial charge is 0.480 e. The van der Waals surface area contributed by atoms with Gasteiger partial charge in [0.15, 0.2) is 6.04 Å². The van der Waals surface area contributed by atoms with Crippen molar-refractivity contribution in [3.8, 4) is 0 Å². The van der Waals surface area contributed by atoms with Crippen molar-refractivity contribution < 1.29 is 20.4 Å². The summed E-state index contributed by atoms with van der Waals surface area (Å²) in [6, 6.07) is -1.26. The molecule has 0 bridgehead atoms. The summed E-state index contributed by atoms with van der Waals surface area (Å²) < 4.78 is 0. The van der Waals surface area contributed by atoms with E-state index in [-0.39, 0.29) is 5.91 Å². The van der Waals surface area contributed by atoms with Crippen LogP contribution < -0.4 is 11.1 Å². The molecular formula is C6H13N2O3+. The summed E-state index contributed by atoms with van der Waals surface area (Å²) in [6.45, 7) is 3.01. The Kier molecular flexibility index (Phi) is 3.53. The van der Waals surface area contributed by atoms with Gasteiger partial charge in [0, 0.05) is 0 Å². The number of amides is 1. The second-order valence-corrected chi connectivity index (χ2v) is 2.47. The third-order valence-corrected chi connectivity index (χ3v) is 1.18. The molecule has 0 aliphatic carbocycles. The Morgan fingerprint density at radius 1 is 1.45 bits per heavy atom. The van der Waals surface area contributed by atoms with Crippen LogP contribution in [0.5, 0.6) is 0 Å². The van der Waals surface area contributed by atoms with Crippen LogP contribution in [-0.4, -0.2) is 29.1 Å². The number of aliphatic carboxylic acids is 1. The molecule has 5 N–H and O–H groups in total. The highest BCUT2D eigenvalue weighted by Gasteiger charge is 2.17. The summed E-state index contributed by atoms with van der Waals surface area (Å²) >= 11 is 0. The second-order valence-electron chi connectivity index (χ2n) is 2.47. The van der Waals surface area contributed by atoms with E-state index in [4.69, 9.17) is 5.11 Å². The van der Waals surface area contributed by atoms with Crippen LogP contribution in [0, 0.1) is 0 Å². The maximum atomic E-state index is 10.8. The van der Waals surface area contributed by atoms with Gasteiger partial charge < -0.3 is 16.2 Å². The molecule has 64 valence electrons. The van der Waals surface area contributed by atoms with Crippen LogP contribution in [0.1, 0.15) is 13.8 Å². The number of carboxylic acid groups (broad SMARTS) is 1. The van der Waals surface area contributed by atoms with Gasteiger partial charge in [0.25, 0.3) is 5.91 Å². The van der Waals surface area contributed by atoms with Crippen LogP contribution in [0.2, 0.25) is 0 Å². The fourth-order valence-electron chi connectivity index (χ4n) is 0.417. The summed E-state index contributed by atoms with van der Waals surface area (Å²) in [5, 5.41) is 10.7. The molecule has 0 spiro atoms. The number of rotatable bonds is 3. The van der Waals surface area contributed by atoms with Gasteiger partial charge in [0.05, 0.1) is 0 Å². The first-order valence-electron chi connectivity index (χ1n) is 3.31. The van der Waals surface area contributed by atoms with E-state index in [9.17, 15) is 9.59 Å². The van der Waals surface area contributed by atoms with Crippen molar-refractivity contribution >= 4 is 11.9 Å². The van der Waals surface area contributed by atoms with Gasteiger partial charge in [0.1, 0.15) is 6.04 Å². The Morgan fingerprint density at radius 2 is 1.91 bits per heavy atom. The van der Waals surface area contributed by atoms with Crippen molar-refractivity contribution in [3.63, 3.8) is 0 Å². The molecule has 0 aliphatic rings. The first-order valence-corrected chi connectivity index (χ1v) is 3.31. The van der Waals surface area contributed by atoms with Crippen molar-refractivity contribution in [2.45, 2.75) is 25.9 Å². The van der Waals surface area contributed by atoms with Crippen molar-refractivity contribution in [2.75, 3.05) is 0 Å². The predicted octanol–water partition coefficient (Wildman–Crippen LogP) is -1.79. The number of hydrogen-bond acceptors (Lipinski definition) is 2. The summed E-state index contributed by atoms with van der Waals surface area (Å²) in [5.41, 5.74) is 3.45. The van der Waals surface area contributed by atoms with E-state index < -0.39 is 18.1 Å². The summed E-state index contributed by atoms with van der Waals surface area (Å²) in [6.07, 6.45) is 0. The molecule has 11 heavy (non-hydrogen) atoms. The minimum Gasteiger partial charge on any atom is -0.480 e. The topological polar surface area (TPSA) is 94.0 Å². The van der Waals surface area contributed by atoms with E-state index in [0.717, 1.165) is 0 Å². The number of carboxylic acids is 1. The number of carbonyl (C=O) groups excluding carboxylic acids is 1. The molecule has 0 fully saturated rings. The molecule has 0 aliphatic heterocycles. The number of carbonyl (C=O) groups is 2. The first-order chi connectivity index (χ1) is 4.95. The van der Waals surface area contributed by atoms with E-state index in [1.165, 1.54) is 6.92 Å². The van der Waals surface area contributed by atoms with Crippen LogP contribution in [0.15, 0.2) is 0 Å². The molecule has 0 saturated heterocycles. The molecule has 0 aromatic rings. The van der Waals surface area contributed by atoms with Gasteiger partial charge in [-0.25, -0.2) is 0 Å². The van der Waals surface area contributed by atoms with Crippen LogP contribution in [0.4, 0.5) is 0 Å². The van der Waals surface area contributed by atoms with Crippen molar-refractivity contribution in [3.05, 3.63) is 0 Å². The minimum atomic E-state index is -1.04. The third-order valence-electron chi connectivity index (χ3n) is 1.18. The van der Waals surface area contributed by atoms with Crippen LogP contribution in [0.25, 0.3) is 0 Å². The fourth-order valence-corrected chi connectivity index (χ4v) is 0.417. The lowest BCUT2D eigenvalue weighted by molar-refractivity contribution is -0.398. The minimum absolute atomic E-state index is 0.347. The van der Waals surface area contributed by atoms with Gasteiger partial charge in [-0.05, 0) is 13.8 Å². The van der Waals surface area contributed by atoms with Crippen LogP contribution in [0.3, 0.4) is 0 Å². The molecule has 0 radical (unpaired) electrons. The van der Waals surface area contributed by atoms with Crippen molar-refractivity contribution in [2.24, 2.45) is 0 Å². The fraction of sp³-hybridized carbons (Fsp3) is 0.667. The average molecular weight is 161 g/mol. The lowest BCUT2D eigenvalue weighted by atomic mass is 10.3. The highest BCUT2D eigenvalue weighted by molar-refractivity contribution is 5.85.